The number of aliphatic hydroxyl groups is 1. The van der Waals surface area contributed by atoms with Crippen molar-refractivity contribution in [3.8, 4) is 17.0 Å². The zero-order chi connectivity index (χ0) is 18.0. The number of anilines is 3. The Kier molecular flexibility index (Phi) is 4.79. The first-order valence-electron chi connectivity index (χ1n) is 7.68. The third-order valence-corrected chi connectivity index (χ3v) is 4.29. The van der Waals surface area contributed by atoms with Gasteiger partial charge in [0.15, 0.2) is 0 Å². The molecule has 0 radical (unpaired) electrons. The molecule has 0 atom stereocenters. The minimum Gasteiger partial charge on any atom is -0.507 e. The molecule has 0 aliphatic heterocycles. The average molecular weight is 356 g/mol. The van der Waals surface area contributed by atoms with Gasteiger partial charge >= 0.3 is 0 Å². The monoisotopic (exact) mass is 355 g/mol. The van der Waals surface area contributed by atoms with Gasteiger partial charge in [-0.05, 0) is 48.5 Å². The smallest absolute Gasteiger partial charge is 0.129 e. The van der Waals surface area contributed by atoms with Crippen molar-refractivity contribution >= 4 is 28.8 Å². The van der Waals surface area contributed by atoms with Crippen LogP contribution in [0.25, 0.3) is 11.3 Å². The van der Waals surface area contributed by atoms with Crippen LogP contribution in [0, 0.1) is 0 Å². The van der Waals surface area contributed by atoms with Crippen LogP contribution >= 0.6 is 11.6 Å². The van der Waals surface area contributed by atoms with Crippen molar-refractivity contribution in [2.45, 2.75) is 6.61 Å². The fourth-order valence-electron chi connectivity index (χ4n) is 2.54. The van der Waals surface area contributed by atoms with E-state index in [1.165, 1.54) is 0 Å². The lowest BCUT2D eigenvalue weighted by atomic mass is 10.1. The summed E-state index contributed by atoms with van der Waals surface area (Å²) in [6, 6.07) is 16.2. The van der Waals surface area contributed by atoms with Crippen molar-refractivity contribution in [1.82, 2.24) is 4.98 Å². The van der Waals surface area contributed by atoms with Crippen molar-refractivity contribution < 1.29 is 10.2 Å². The van der Waals surface area contributed by atoms with E-state index in [1.54, 1.807) is 18.2 Å². The van der Waals surface area contributed by atoms with Gasteiger partial charge in [0.05, 0.1) is 12.3 Å². The van der Waals surface area contributed by atoms with Gasteiger partial charge in [0.25, 0.3) is 0 Å². The summed E-state index contributed by atoms with van der Waals surface area (Å²) in [4.78, 5) is 6.26. The van der Waals surface area contributed by atoms with E-state index in [2.05, 4.69) is 4.98 Å². The van der Waals surface area contributed by atoms with Crippen molar-refractivity contribution in [3.05, 3.63) is 65.2 Å². The number of hydrogen-bond donors (Lipinski definition) is 3. The van der Waals surface area contributed by atoms with Gasteiger partial charge in [0.1, 0.15) is 11.6 Å². The Morgan fingerprint density at radius 2 is 1.72 bits per heavy atom. The highest BCUT2D eigenvalue weighted by molar-refractivity contribution is 6.30. The molecule has 1 aromatic heterocycles. The van der Waals surface area contributed by atoms with Crippen LogP contribution in [0.5, 0.6) is 5.75 Å². The predicted octanol–water partition coefficient (Wildman–Crippen LogP) is 3.95. The molecule has 128 valence electrons. The molecule has 0 spiro atoms. The molecule has 0 saturated heterocycles. The van der Waals surface area contributed by atoms with Crippen LogP contribution in [0.2, 0.25) is 5.02 Å². The molecule has 4 N–H and O–H groups in total. The molecule has 2 aromatic carbocycles. The highest BCUT2D eigenvalue weighted by Crippen LogP contribution is 2.34. The summed E-state index contributed by atoms with van der Waals surface area (Å²) in [5.74, 6) is 0.354. The summed E-state index contributed by atoms with van der Waals surface area (Å²) < 4.78 is 0. The Morgan fingerprint density at radius 3 is 2.36 bits per heavy atom. The topological polar surface area (TPSA) is 82.6 Å². The molecule has 0 aliphatic rings. The molecule has 6 heteroatoms. The number of pyridine rings is 1. The number of rotatable bonds is 4. The fraction of sp³-hybridized carbons (Fsp3) is 0.105. The summed E-state index contributed by atoms with van der Waals surface area (Å²) in [6.07, 6.45) is 0. The molecule has 0 aliphatic carbocycles. The van der Waals surface area contributed by atoms with Gasteiger partial charge in [0.2, 0.25) is 0 Å². The standard InChI is InChI=1S/C19H18ClN3O2/c1-23(14-5-3-13(20)4-6-14)15-7-9-18(25)16(10-15)17-8-2-12(11-24)19(21)22-17/h2-10,24-25H,11H2,1H3,(H2,21,22). The van der Waals surface area contributed by atoms with Crippen LogP contribution in [-0.2, 0) is 6.61 Å². The van der Waals surface area contributed by atoms with E-state index < -0.39 is 0 Å². The predicted molar refractivity (Wildman–Crippen MR) is 101 cm³/mol. The van der Waals surface area contributed by atoms with E-state index in [0.29, 0.717) is 21.8 Å². The number of phenols is 1. The third-order valence-electron chi connectivity index (χ3n) is 4.04. The Morgan fingerprint density at radius 1 is 1.04 bits per heavy atom. The van der Waals surface area contributed by atoms with Gasteiger partial charge < -0.3 is 20.8 Å². The molecule has 0 amide bonds. The zero-order valence-electron chi connectivity index (χ0n) is 13.6. The van der Waals surface area contributed by atoms with Gasteiger partial charge in [-0.3, -0.25) is 0 Å². The SMILES string of the molecule is CN(c1ccc(Cl)cc1)c1ccc(O)c(-c2ccc(CO)c(N)n2)c1. The maximum absolute atomic E-state index is 10.2. The second kappa shape index (κ2) is 7.01. The van der Waals surface area contributed by atoms with Gasteiger partial charge in [-0.1, -0.05) is 17.7 Å². The maximum Gasteiger partial charge on any atom is 0.129 e. The van der Waals surface area contributed by atoms with Gasteiger partial charge in [-0.25, -0.2) is 4.98 Å². The van der Waals surface area contributed by atoms with Gasteiger partial charge in [0, 0.05) is 34.6 Å². The summed E-state index contributed by atoms with van der Waals surface area (Å²) in [5.41, 5.74) is 9.34. The van der Waals surface area contributed by atoms with Crippen molar-refractivity contribution in [1.29, 1.82) is 0 Å². The van der Waals surface area contributed by atoms with Crippen LogP contribution in [0.3, 0.4) is 0 Å². The first-order valence-corrected chi connectivity index (χ1v) is 8.06. The number of aromatic hydroxyl groups is 1. The summed E-state index contributed by atoms with van der Waals surface area (Å²) in [5, 5.41) is 20.1. The fourth-order valence-corrected chi connectivity index (χ4v) is 2.67. The Labute approximate surface area is 150 Å². The van der Waals surface area contributed by atoms with E-state index in [4.69, 9.17) is 17.3 Å². The number of nitrogen functional groups attached to an aromatic ring is 1. The lowest BCUT2D eigenvalue weighted by Crippen LogP contribution is -2.09. The van der Waals surface area contributed by atoms with E-state index >= 15 is 0 Å². The second-order valence-electron chi connectivity index (χ2n) is 5.64. The molecular formula is C19H18ClN3O2. The van der Waals surface area contributed by atoms with Gasteiger partial charge in [-0.15, -0.1) is 0 Å². The summed E-state index contributed by atoms with van der Waals surface area (Å²) in [6.45, 7) is -0.176. The summed E-state index contributed by atoms with van der Waals surface area (Å²) >= 11 is 5.94. The van der Waals surface area contributed by atoms with E-state index in [9.17, 15) is 10.2 Å². The molecule has 0 fully saturated rings. The largest absolute Gasteiger partial charge is 0.507 e. The van der Waals surface area contributed by atoms with Crippen LogP contribution in [0.1, 0.15) is 5.56 Å². The number of halogens is 1. The van der Waals surface area contributed by atoms with E-state index in [1.807, 2.05) is 48.3 Å². The zero-order valence-corrected chi connectivity index (χ0v) is 14.4. The molecule has 3 aromatic rings. The number of nitrogens with zero attached hydrogens (tertiary/aromatic N) is 2. The summed E-state index contributed by atoms with van der Waals surface area (Å²) in [7, 11) is 1.93. The Bertz CT molecular complexity index is 898. The Balaban J connectivity index is 2.00. The van der Waals surface area contributed by atoms with Crippen molar-refractivity contribution in [2.24, 2.45) is 0 Å². The lowest BCUT2D eigenvalue weighted by molar-refractivity contribution is 0.282. The normalized spacial score (nSPS) is 10.7. The number of phenolic OH excluding ortho intramolecular Hbond substituents is 1. The molecule has 0 saturated carbocycles. The van der Waals surface area contributed by atoms with Crippen molar-refractivity contribution in [2.75, 3.05) is 17.7 Å². The first kappa shape index (κ1) is 17.1. The van der Waals surface area contributed by atoms with Crippen LogP contribution < -0.4 is 10.6 Å². The highest BCUT2D eigenvalue weighted by atomic mass is 35.5. The van der Waals surface area contributed by atoms with Crippen molar-refractivity contribution in [3.63, 3.8) is 0 Å². The Hall–Kier alpha value is -2.76. The average Bonchev–Trinajstić information content (AvgIpc) is 2.62. The lowest BCUT2D eigenvalue weighted by Gasteiger charge is -2.21. The molecule has 0 bridgehead atoms. The second-order valence-corrected chi connectivity index (χ2v) is 6.07. The number of hydrogen-bond acceptors (Lipinski definition) is 5. The molecule has 1 heterocycles. The quantitative estimate of drug-likeness (QED) is 0.660. The van der Waals surface area contributed by atoms with E-state index in [-0.39, 0.29) is 18.2 Å². The number of benzene rings is 2. The number of aliphatic hydroxyl groups excluding tert-OH is 1. The highest BCUT2D eigenvalue weighted by Gasteiger charge is 2.12. The first-order chi connectivity index (χ1) is 12.0. The molecule has 3 rings (SSSR count). The molecule has 0 unspecified atom stereocenters. The molecule has 25 heavy (non-hydrogen) atoms. The van der Waals surface area contributed by atoms with Crippen LogP contribution in [0.4, 0.5) is 17.2 Å². The number of aromatic nitrogens is 1. The van der Waals surface area contributed by atoms with Gasteiger partial charge in [-0.2, -0.15) is 0 Å². The maximum atomic E-state index is 10.2. The minimum absolute atomic E-state index is 0.108. The van der Waals surface area contributed by atoms with Crippen LogP contribution in [-0.4, -0.2) is 22.2 Å². The third kappa shape index (κ3) is 3.52. The van der Waals surface area contributed by atoms with Crippen LogP contribution in [0.15, 0.2) is 54.6 Å². The number of nitrogens with two attached hydrogens (primary N) is 1. The van der Waals surface area contributed by atoms with E-state index in [0.717, 1.165) is 11.4 Å². The molecular weight excluding hydrogens is 338 g/mol. The molecule has 5 nitrogen and oxygen atoms in total. The minimum atomic E-state index is -0.176.